The molecule has 0 amide bonds. The molecule has 0 N–H and O–H groups in total. The predicted octanol–water partition coefficient (Wildman–Crippen LogP) is 3.73. The zero-order valence-corrected chi connectivity index (χ0v) is 9.68. The van der Waals surface area contributed by atoms with Gasteiger partial charge in [0.1, 0.15) is 5.75 Å². The Bertz CT molecular complexity index is 301. The maximum atomic E-state index is 12.4. The van der Waals surface area contributed by atoms with Crippen LogP contribution in [0.15, 0.2) is 22.7 Å². The van der Waals surface area contributed by atoms with Crippen molar-refractivity contribution in [3.63, 3.8) is 0 Å². The lowest BCUT2D eigenvalue weighted by atomic mass is 10.0. The fourth-order valence-electron chi connectivity index (χ4n) is 1.13. The fraction of sp³-hybridized carbons (Fsp3) is 0.364. The highest BCUT2D eigenvalue weighted by molar-refractivity contribution is 9.10. The van der Waals surface area contributed by atoms with Gasteiger partial charge in [0.15, 0.2) is 0 Å². The first-order valence-electron chi connectivity index (χ1n) is 4.50. The number of benzene rings is 1. The van der Waals surface area contributed by atoms with Gasteiger partial charge in [0.2, 0.25) is 0 Å². The maximum absolute atomic E-state index is 12.4. The third kappa shape index (κ3) is 2.71. The lowest BCUT2D eigenvalue weighted by Gasteiger charge is -2.11. The molecule has 14 heavy (non-hydrogen) atoms. The Kier molecular flexibility index (Phi) is 4.39. The Balaban J connectivity index is 2.93. The number of hydrogen-bond donors (Lipinski definition) is 0. The second-order valence-electron chi connectivity index (χ2n) is 2.97. The van der Waals surface area contributed by atoms with Gasteiger partial charge < -0.3 is 4.74 Å². The van der Waals surface area contributed by atoms with Gasteiger partial charge in [0.25, 0.3) is 0 Å². The Morgan fingerprint density at radius 2 is 2.29 bits per heavy atom. The molecule has 0 saturated heterocycles. The van der Waals surface area contributed by atoms with Crippen LogP contribution >= 0.6 is 15.9 Å². The smallest absolute Gasteiger partial charge is 0.133 e. The molecule has 1 aromatic rings. The highest BCUT2D eigenvalue weighted by atomic mass is 79.9. The van der Waals surface area contributed by atoms with Gasteiger partial charge in [0, 0.05) is 5.92 Å². The molecule has 0 spiro atoms. The summed E-state index contributed by atoms with van der Waals surface area (Å²) in [5.41, 5.74) is 0.860. The molecule has 1 unspecified atom stereocenters. The topological polar surface area (TPSA) is 9.23 Å². The third-order valence-corrected chi connectivity index (χ3v) is 2.57. The molecule has 0 bridgehead atoms. The SMILES string of the molecule is [CH2]C(CF)c1ccc(Br)c(OCC)c1. The highest BCUT2D eigenvalue weighted by Gasteiger charge is 2.08. The summed E-state index contributed by atoms with van der Waals surface area (Å²) in [6.45, 7) is 5.77. The van der Waals surface area contributed by atoms with Crippen LogP contribution in [0.2, 0.25) is 0 Å². The van der Waals surface area contributed by atoms with Crippen molar-refractivity contribution in [3.8, 4) is 5.75 Å². The largest absolute Gasteiger partial charge is 0.493 e. The van der Waals surface area contributed by atoms with Crippen LogP contribution in [0.5, 0.6) is 5.75 Å². The summed E-state index contributed by atoms with van der Waals surface area (Å²) in [4.78, 5) is 0. The summed E-state index contributed by atoms with van der Waals surface area (Å²) in [6.07, 6.45) is 0. The van der Waals surface area contributed by atoms with E-state index in [1.807, 2.05) is 25.1 Å². The molecule has 1 nitrogen and oxygen atoms in total. The van der Waals surface area contributed by atoms with E-state index in [9.17, 15) is 4.39 Å². The molecular formula is C11H13BrFO. The van der Waals surface area contributed by atoms with E-state index in [2.05, 4.69) is 22.9 Å². The Labute approximate surface area is 92.4 Å². The van der Waals surface area contributed by atoms with Crippen molar-refractivity contribution in [2.24, 2.45) is 0 Å². The van der Waals surface area contributed by atoms with Crippen LogP contribution < -0.4 is 4.74 Å². The highest BCUT2D eigenvalue weighted by Crippen LogP contribution is 2.29. The Morgan fingerprint density at radius 3 is 2.86 bits per heavy atom. The third-order valence-electron chi connectivity index (χ3n) is 1.91. The molecule has 0 aliphatic heterocycles. The van der Waals surface area contributed by atoms with Crippen molar-refractivity contribution in [2.45, 2.75) is 12.8 Å². The first-order valence-corrected chi connectivity index (χ1v) is 5.29. The van der Waals surface area contributed by atoms with Gasteiger partial charge in [0.05, 0.1) is 17.8 Å². The average Bonchev–Trinajstić information content (AvgIpc) is 2.20. The second kappa shape index (κ2) is 5.35. The van der Waals surface area contributed by atoms with Gasteiger partial charge >= 0.3 is 0 Å². The molecule has 0 heterocycles. The fourth-order valence-corrected chi connectivity index (χ4v) is 1.49. The summed E-state index contributed by atoms with van der Waals surface area (Å²) in [5.74, 6) is 0.425. The Hall–Kier alpha value is -0.570. The van der Waals surface area contributed by atoms with Crippen LogP contribution in [0.4, 0.5) is 4.39 Å². The van der Waals surface area contributed by atoms with Gasteiger partial charge in [-0.15, -0.1) is 0 Å². The lowest BCUT2D eigenvalue weighted by Crippen LogP contribution is -1.98. The molecule has 0 fully saturated rings. The first-order chi connectivity index (χ1) is 6.69. The van der Waals surface area contributed by atoms with Crippen molar-refractivity contribution in [3.05, 3.63) is 35.2 Å². The van der Waals surface area contributed by atoms with E-state index in [0.29, 0.717) is 6.61 Å². The van der Waals surface area contributed by atoms with E-state index in [1.54, 1.807) is 0 Å². The molecule has 0 aromatic heterocycles. The molecule has 77 valence electrons. The van der Waals surface area contributed by atoms with E-state index in [4.69, 9.17) is 4.74 Å². The number of hydrogen-bond acceptors (Lipinski definition) is 1. The molecule has 1 atom stereocenters. The van der Waals surface area contributed by atoms with Crippen LogP contribution in [0, 0.1) is 6.92 Å². The molecule has 3 heteroatoms. The second-order valence-corrected chi connectivity index (χ2v) is 3.83. The van der Waals surface area contributed by atoms with Crippen LogP contribution in [0.25, 0.3) is 0 Å². The van der Waals surface area contributed by atoms with Gasteiger partial charge in [-0.2, -0.15) is 0 Å². The standard InChI is InChI=1S/C11H13BrFO/c1-3-14-11-6-9(8(2)7-13)4-5-10(11)12/h4-6,8H,2-3,7H2,1H3. The van der Waals surface area contributed by atoms with Gasteiger partial charge in [-0.05, 0) is 47.5 Å². The molecule has 0 aliphatic rings. The van der Waals surface area contributed by atoms with Crippen LogP contribution in [-0.4, -0.2) is 13.3 Å². The first kappa shape index (κ1) is 11.5. The normalized spacial score (nSPS) is 12.6. The number of rotatable bonds is 4. The maximum Gasteiger partial charge on any atom is 0.133 e. The summed E-state index contributed by atoms with van der Waals surface area (Å²) < 4.78 is 18.6. The van der Waals surface area contributed by atoms with E-state index in [-0.39, 0.29) is 5.92 Å². The van der Waals surface area contributed by atoms with E-state index in [0.717, 1.165) is 15.8 Å². The molecule has 1 radical (unpaired) electrons. The van der Waals surface area contributed by atoms with Gasteiger partial charge in [-0.3, -0.25) is 4.39 Å². The number of ether oxygens (including phenoxy) is 1. The van der Waals surface area contributed by atoms with Gasteiger partial charge in [-0.1, -0.05) is 6.07 Å². The minimum absolute atomic E-state index is 0.317. The molecular weight excluding hydrogens is 247 g/mol. The minimum atomic E-state index is -0.451. The van der Waals surface area contributed by atoms with E-state index in [1.165, 1.54) is 0 Å². The quantitative estimate of drug-likeness (QED) is 0.801. The number of halogens is 2. The molecule has 1 aromatic carbocycles. The summed E-state index contributed by atoms with van der Waals surface area (Å²) >= 11 is 3.36. The van der Waals surface area contributed by atoms with Crippen molar-refractivity contribution in [1.29, 1.82) is 0 Å². The average molecular weight is 260 g/mol. The monoisotopic (exact) mass is 259 g/mol. The lowest BCUT2D eigenvalue weighted by molar-refractivity contribution is 0.337. The van der Waals surface area contributed by atoms with E-state index >= 15 is 0 Å². The van der Waals surface area contributed by atoms with Gasteiger partial charge in [-0.25, -0.2) is 0 Å². The molecule has 0 saturated carbocycles. The van der Waals surface area contributed by atoms with Crippen molar-refractivity contribution < 1.29 is 9.13 Å². The summed E-state index contributed by atoms with van der Waals surface area (Å²) in [7, 11) is 0. The van der Waals surface area contributed by atoms with Crippen molar-refractivity contribution in [1.82, 2.24) is 0 Å². The van der Waals surface area contributed by atoms with Crippen molar-refractivity contribution in [2.75, 3.05) is 13.3 Å². The Morgan fingerprint density at radius 1 is 1.57 bits per heavy atom. The summed E-state index contributed by atoms with van der Waals surface area (Å²) in [6, 6.07) is 5.53. The number of alkyl halides is 1. The summed E-state index contributed by atoms with van der Waals surface area (Å²) in [5, 5.41) is 0. The molecule has 0 aliphatic carbocycles. The van der Waals surface area contributed by atoms with Crippen LogP contribution in [-0.2, 0) is 0 Å². The van der Waals surface area contributed by atoms with E-state index < -0.39 is 6.67 Å². The minimum Gasteiger partial charge on any atom is -0.493 e. The zero-order valence-electron chi connectivity index (χ0n) is 8.09. The predicted molar refractivity (Wildman–Crippen MR) is 59.4 cm³/mol. The molecule has 1 rings (SSSR count). The zero-order chi connectivity index (χ0) is 10.6. The van der Waals surface area contributed by atoms with Crippen LogP contribution in [0.3, 0.4) is 0 Å². The van der Waals surface area contributed by atoms with Crippen molar-refractivity contribution >= 4 is 15.9 Å². The van der Waals surface area contributed by atoms with Crippen LogP contribution in [0.1, 0.15) is 18.4 Å².